The molecule has 3 atom stereocenters. The minimum absolute atomic E-state index is 0.0834. The Hall–Kier alpha value is -3.43. The van der Waals surface area contributed by atoms with Crippen molar-refractivity contribution in [3.8, 4) is 11.5 Å². The molecule has 3 rings (SSSR count). The van der Waals surface area contributed by atoms with Crippen LogP contribution in [-0.4, -0.2) is 65.4 Å². The van der Waals surface area contributed by atoms with Gasteiger partial charge in [-0.3, -0.25) is 10.1 Å². The van der Waals surface area contributed by atoms with E-state index >= 15 is 0 Å². The van der Waals surface area contributed by atoms with E-state index in [1.165, 1.54) is 4.90 Å². The van der Waals surface area contributed by atoms with Gasteiger partial charge in [0.2, 0.25) is 0 Å². The number of aliphatic hydroxyl groups is 1. The van der Waals surface area contributed by atoms with Crippen LogP contribution >= 0.6 is 0 Å². The normalized spacial score (nSPS) is 17.2. The van der Waals surface area contributed by atoms with Crippen molar-refractivity contribution in [1.82, 2.24) is 10.2 Å². The fourth-order valence-electron chi connectivity index (χ4n) is 3.80. The summed E-state index contributed by atoms with van der Waals surface area (Å²) in [5.74, 6) is -0.521. The van der Waals surface area contributed by atoms with Crippen molar-refractivity contribution in [1.29, 1.82) is 0 Å². The van der Waals surface area contributed by atoms with Gasteiger partial charge in [-0.1, -0.05) is 18.2 Å². The Balaban J connectivity index is 1.66. The van der Waals surface area contributed by atoms with Gasteiger partial charge in [0.05, 0.1) is 6.61 Å². The summed E-state index contributed by atoms with van der Waals surface area (Å²) < 4.78 is 16.2. The van der Waals surface area contributed by atoms with Crippen LogP contribution in [0.3, 0.4) is 0 Å². The number of ketones is 1. The van der Waals surface area contributed by atoms with Crippen LogP contribution < -0.4 is 10.1 Å². The summed E-state index contributed by atoms with van der Waals surface area (Å²) in [4.78, 5) is 39.7. The van der Waals surface area contributed by atoms with E-state index in [-0.39, 0.29) is 24.6 Å². The Kier molecular flexibility index (Phi) is 9.06. The van der Waals surface area contributed by atoms with Crippen LogP contribution in [0.4, 0.5) is 4.79 Å². The third-order valence-electron chi connectivity index (χ3n) is 5.56. The van der Waals surface area contributed by atoms with Crippen molar-refractivity contribution in [2.75, 3.05) is 19.7 Å². The molecular weight excluding hydrogens is 464 g/mol. The predicted octanol–water partition coefficient (Wildman–Crippen LogP) is 3.76. The zero-order valence-electron chi connectivity index (χ0n) is 21.1. The maximum absolute atomic E-state index is 13.2. The number of benzene rings is 2. The molecule has 0 aromatic heterocycles. The lowest BCUT2D eigenvalue weighted by Gasteiger charge is -2.26. The number of carbonyl (C=O) groups excluding carboxylic acids is 3. The fourth-order valence-corrected chi connectivity index (χ4v) is 3.80. The van der Waals surface area contributed by atoms with E-state index < -0.39 is 35.7 Å². The fraction of sp³-hybridized carbons (Fsp3) is 0.444. The number of aliphatic hydroxyl groups excluding tert-OH is 1. The molecule has 1 amide bonds. The molecule has 1 fully saturated rings. The van der Waals surface area contributed by atoms with Crippen LogP contribution in [-0.2, 0) is 14.3 Å². The minimum Gasteiger partial charge on any atom is -0.464 e. The summed E-state index contributed by atoms with van der Waals surface area (Å²) in [5, 5.41) is 13.5. The largest absolute Gasteiger partial charge is 0.464 e. The Morgan fingerprint density at radius 2 is 1.69 bits per heavy atom. The van der Waals surface area contributed by atoms with Crippen molar-refractivity contribution in [2.24, 2.45) is 5.92 Å². The maximum Gasteiger partial charge on any atom is 0.410 e. The monoisotopic (exact) mass is 498 g/mol. The van der Waals surface area contributed by atoms with Crippen molar-refractivity contribution in [2.45, 2.75) is 52.0 Å². The lowest BCUT2D eigenvalue weighted by Crippen LogP contribution is -2.52. The third-order valence-corrected chi connectivity index (χ3v) is 5.56. The highest BCUT2D eigenvalue weighted by Gasteiger charge is 2.37. The number of amides is 1. The van der Waals surface area contributed by atoms with Gasteiger partial charge in [0.25, 0.3) is 0 Å². The van der Waals surface area contributed by atoms with Crippen molar-refractivity contribution >= 4 is 17.8 Å². The lowest BCUT2D eigenvalue weighted by molar-refractivity contribution is -0.145. The molecular formula is C27H34N2O7. The Morgan fingerprint density at radius 3 is 2.31 bits per heavy atom. The van der Waals surface area contributed by atoms with Gasteiger partial charge in [-0.15, -0.1) is 0 Å². The first kappa shape index (κ1) is 27.2. The van der Waals surface area contributed by atoms with E-state index in [0.717, 1.165) is 0 Å². The molecule has 1 saturated heterocycles. The first-order valence-corrected chi connectivity index (χ1v) is 12.0. The van der Waals surface area contributed by atoms with Gasteiger partial charge in [-0.05, 0) is 70.5 Å². The van der Waals surface area contributed by atoms with Crippen molar-refractivity contribution in [3.63, 3.8) is 0 Å². The number of carbonyl (C=O) groups is 3. The average Bonchev–Trinajstić information content (AvgIpc) is 3.33. The molecule has 194 valence electrons. The van der Waals surface area contributed by atoms with E-state index in [2.05, 4.69) is 5.32 Å². The first-order chi connectivity index (χ1) is 17.1. The highest BCUT2D eigenvalue weighted by molar-refractivity contribution is 6.12. The number of ether oxygens (including phenoxy) is 3. The second-order valence-corrected chi connectivity index (χ2v) is 9.58. The smallest absolute Gasteiger partial charge is 0.410 e. The molecule has 36 heavy (non-hydrogen) atoms. The van der Waals surface area contributed by atoms with Crippen molar-refractivity contribution in [3.05, 3.63) is 60.2 Å². The molecule has 1 aliphatic rings. The standard InChI is InChI=1S/C27H34N2O7/c1-5-34-25(32)22(28-24(31)19-15-16-29(17-19)26(33)36-27(2,3)4)23(30)18-11-13-21(14-12-18)35-20-9-7-6-8-10-20/h6-14,19,22,24,28,31H,5,15-17H2,1-4H3. The number of Topliss-reactive ketones (excluding diaryl/α,β-unsaturated/α-hetero) is 1. The number of nitrogens with one attached hydrogen (secondary N) is 1. The minimum atomic E-state index is -1.41. The number of nitrogens with zero attached hydrogens (tertiary/aromatic N) is 1. The van der Waals surface area contributed by atoms with Crippen LogP contribution in [0.5, 0.6) is 11.5 Å². The topological polar surface area (TPSA) is 114 Å². The zero-order chi connectivity index (χ0) is 26.3. The van der Waals surface area contributed by atoms with Gasteiger partial charge in [0.1, 0.15) is 23.3 Å². The Morgan fingerprint density at radius 1 is 1.06 bits per heavy atom. The molecule has 2 aromatic rings. The van der Waals surface area contributed by atoms with Crippen LogP contribution in [0.1, 0.15) is 44.5 Å². The summed E-state index contributed by atoms with van der Waals surface area (Å²) in [7, 11) is 0. The number of esters is 1. The van der Waals surface area contributed by atoms with E-state index in [9.17, 15) is 19.5 Å². The van der Waals surface area contributed by atoms with E-state index in [1.54, 1.807) is 52.0 Å². The van der Waals surface area contributed by atoms with Gasteiger partial charge in [0, 0.05) is 24.6 Å². The number of likely N-dealkylation sites (tertiary alicyclic amines) is 1. The molecule has 0 saturated carbocycles. The summed E-state index contributed by atoms with van der Waals surface area (Å²) >= 11 is 0. The summed E-state index contributed by atoms with van der Waals surface area (Å²) in [6.07, 6.45) is -1.19. The molecule has 0 bridgehead atoms. The highest BCUT2D eigenvalue weighted by Crippen LogP contribution is 2.24. The molecule has 0 radical (unpaired) electrons. The van der Waals surface area contributed by atoms with Crippen LogP contribution in [0.15, 0.2) is 54.6 Å². The van der Waals surface area contributed by atoms with Crippen LogP contribution in [0.25, 0.3) is 0 Å². The molecule has 0 aliphatic carbocycles. The zero-order valence-corrected chi connectivity index (χ0v) is 21.1. The molecule has 1 heterocycles. The average molecular weight is 499 g/mol. The number of para-hydroxylation sites is 1. The Labute approximate surface area is 211 Å². The SMILES string of the molecule is CCOC(=O)C(NC(O)C1CCN(C(=O)OC(C)(C)C)C1)C(=O)c1ccc(Oc2ccccc2)cc1. The molecule has 1 aliphatic heterocycles. The van der Waals surface area contributed by atoms with Crippen LogP contribution in [0.2, 0.25) is 0 Å². The predicted molar refractivity (Wildman–Crippen MR) is 133 cm³/mol. The maximum atomic E-state index is 13.2. The van der Waals surface area contributed by atoms with E-state index in [1.807, 2.05) is 30.3 Å². The van der Waals surface area contributed by atoms with Crippen molar-refractivity contribution < 1.29 is 33.7 Å². The van der Waals surface area contributed by atoms with E-state index in [0.29, 0.717) is 24.5 Å². The van der Waals surface area contributed by atoms with Gasteiger partial charge < -0.3 is 24.2 Å². The summed E-state index contributed by atoms with van der Waals surface area (Å²) in [6, 6.07) is 14.2. The number of hydrogen-bond donors (Lipinski definition) is 2. The summed E-state index contributed by atoms with van der Waals surface area (Å²) in [5.41, 5.74) is -0.371. The molecule has 3 unspecified atom stereocenters. The molecule has 9 nitrogen and oxygen atoms in total. The molecule has 2 N–H and O–H groups in total. The lowest BCUT2D eigenvalue weighted by atomic mass is 10.0. The van der Waals surface area contributed by atoms with Crippen LogP contribution in [0, 0.1) is 5.92 Å². The second-order valence-electron chi connectivity index (χ2n) is 9.58. The van der Waals surface area contributed by atoms with Gasteiger partial charge >= 0.3 is 12.1 Å². The second kappa shape index (κ2) is 12.0. The van der Waals surface area contributed by atoms with Gasteiger partial charge in [-0.2, -0.15) is 0 Å². The van der Waals surface area contributed by atoms with Gasteiger partial charge in [-0.25, -0.2) is 9.59 Å². The summed E-state index contributed by atoms with van der Waals surface area (Å²) in [6.45, 7) is 7.71. The molecule has 0 spiro atoms. The Bertz CT molecular complexity index is 1030. The quantitative estimate of drug-likeness (QED) is 0.233. The number of rotatable bonds is 9. The third kappa shape index (κ3) is 7.53. The molecule has 2 aromatic carbocycles. The molecule has 9 heteroatoms. The van der Waals surface area contributed by atoms with Gasteiger partial charge in [0.15, 0.2) is 11.8 Å². The van der Waals surface area contributed by atoms with E-state index in [4.69, 9.17) is 14.2 Å². The highest BCUT2D eigenvalue weighted by atomic mass is 16.6. The number of hydrogen-bond acceptors (Lipinski definition) is 8. The first-order valence-electron chi connectivity index (χ1n) is 12.0.